The number of hydrogen-bond acceptors (Lipinski definition) is 2. The van der Waals surface area contributed by atoms with Crippen molar-refractivity contribution in [1.29, 1.82) is 0 Å². The maximum absolute atomic E-state index is 14.1. The van der Waals surface area contributed by atoms with Crippen molar-refractivity contribution in [2.75, 3.05) is 13.1 Å². The Hall–Kier alpha value is -1.00. The van der Waals surface area contributed by atoms with E-state index in [0.29, 0.717) is 13.0 Å². The van der Waals surface area contributed by atoms with E-state index in [1.54, 1.807) is 0 Å². The third-order valence-corrected chi connectivity index (χ3v) is 3.68. The van der Waals surface area contributed by atoms with Crippen molar-refractivity contribution in [3.63, 3.8) is 0 Å². The Morgan fingerprint density at radius 2 is 2.15 bits per heavy atom. The Labute approximate surface area is 123 Å². The number of rotatable bonds is 7. The predicted octanol–water partition coefficient (Wildman–Crippen LogP) is 4.14. The molecule has 1 saturated heterocycles. The maximum Gasteiger partial charge on any atom is 0.141 e. The van der Waals surface area contributed by atoms with Crippen LogP contribution in [0.2, 0.25) is 0 Å². The molecule has 112 valence electrons. The Morgan fingerprint density at radius 3 is 2.70 bits per heavy atom. The summed E-state index contributed by atoms with van der Waals surface area (Å²) in [4.78, 5) is 13.2. The van der Waals surface area contributed by atoms with Crippen LogP contribution in [0, 0.1) is 5.92 Å². The lowest BCUT2D eigenvalue weighted by molar-refractivity contribution is -0.112. The smallest absolute Gasteiger partial charge is 0.141 e. The van der Waals surface area contributed by atoms with Gasteiger partial charge in [0.1, 0.15) is 17.9 Å². The molecule has 2 unspecified atom stereocenters. The predicted molar refractivity (Wildman–Crippen MR) is 77.8 cm³/mol. The molecule has 0 saturated carbocycles. The van der Waals surface area contributed by atoms with Gasteiger partial charge in [0, 0.05) is 5.92 Å². The summed E-state index contributed by atoms with van der Waals surface area (Å²) in [5.41, 5.74) is 0. The summed E-state index contributed by atoms with van der Waals surface area (Å²) in [6.07, 6.45) is 5.32. The van der Waals surface area contributed by atoms with Crippen molar-refractivity contribution in [3.05, 3.63) is 35.4 Å². The first kappa shape index (κ1) is 17.1. The fraction of sp³-hybridized carbons (Fsp3) is 0.533. The van der Waals surface area contributed by atoms with E-state index in [2.05, 4.69) is 13.5 Å². The zero-order valence-electron chi connectivity index (χ0n) is 11.6. The molecule has 1 aliphatic rings. The van der Waals surface area contributed by atoms with Gasteiger partial charge in [-0.2, -0.15) is 0 Å². The minimum Gasteiger partial charge on any atom is -0.302 e. The molecule has 20 heavy (non-hydrogen) atoms. The van der Waals surface area contributed by atoms with Crippen molar-refractivity contribution >= 4 is 17.9 Å². The highest BCUT2D eigenvalue weighted by molar-refractivity contribution is 6.31. The van der Waals surface area contributed by atoms with E-state index in [1.807, 2.05) is 4.90 Å². The van der Waals surface area contributed by atoms with Crippen LogP contribution in [-0.2, 0) is 4.79 Å². The summed E-state index contributed by atoms with van der Waals surface area (Å²) in [6.45, 7) is 6.75. The third kappa shape index (κ3) is 4.53. The van der Waals surface area contributed by atoms with Crippen molar-refractivity contribution in [3.8, 4) is 0 Å². The lowest BCUT2D eigenvalue weighted by Crippen LogP contribution is -2.35. The highest BCUT2D eigenvalue weighted by Crippen LogP contribution is 2.30. The molecule has 1 fully saturated rings. The van der Waals surface area contributed by atoms with Gasteiger partial charge in [-0.15, -0.1) is 0 Å². The first-order valence-electron chi connectivity index (χ1n) is 6.78. The number of carbonyl (C=O) groups is 1. The molecular weight excluding hydrogens is 284 g/mol. The van der Waals surface area contributed by atoms with Gasteiger partial charge in [0.25, 0.3) is 0 Å². The molecule has 1 rings (SSSR count). The molecule has 0 aromatic carbocycles. The van der Waals surface area contributed by atoms with Crippen molar-refractivity contribution in [2.24, 2.45) is 5.92 Å². The van der Waals surface area contributed by atoms with E-state index >= 15 is 0 Å². The SMILES string of the molecule is C=C(Cl)/C(F)=C\C=C(/F)C1CCN(CCCC)C1C=O. The van der Waals surface area contributed by atoms with Gasteiger partial charge < -0.3 is 4.79 Å². The van der Waals surface area contributed by atoms with E-state index < -0.39 is 23.6 Å². The average molecular weight is 304 g/mol. The lowest BCUT2D eigenvalue weighted by Gasteiger charge is -2.22. The van der Waals surface area contributed by atoms with E-state index in [0.717, 1.165) is 37.8 Å². The number of unbranched alkanes of at least 4 members (excludes halogenated alkanes) is 1. The summed E-state index contributed by atoms with van der Waals surface area (Å²) >= 11 is 5.35. The van der Waals surface area contributed by atoms with Crippen molar-refractivity contribution in [1.82, 2.24) is 4.90 Å². The minimum absolute atomic E-state index is 0.267. The molecule has 2 nitrogen and oxygen atoms in total. The summed E-state index contributed by atoms with van der Waals surface area (Å²) in [7, 11) is 0. The maximum atomic E-state index is 14.1. The third-order valence-electron chi connectivity index (χ3n) is 3.50. The van der Waals surface area contributed by atoms with Crippen LogP contribution in [0.5, 0.6) is 0 Å². The number of carbonyl (C=O) groups excluding carboxylic acids is 1. The van der Waals surface area contributed by atoms with Gasteiger partial charge in [-0.05, 0) is 38.1 Å². The van der Waals surface area contributed by atoms with E-state index in [-0.39, 0.29) is 5.03 Å². The molecule has 0 spiro atoms. The normalized spacial score (nSPS) is 25.0. The number of likely N-dealkylation sites (tertiary alicyclic amines) is 1. The van der Waals surface area contributed by atoms with Crippen LogP contribution in [-0.4, -0.2) is 30.3 Å². The molecule has 0 radical (unpaired) electrons. The summed E-state index contributed by atoms with van der Waals surface area (Å²) < 4.78 is 27.2. The molecule has 1 heterocycles. The fourth-order valence-corrected chi connectivity index (χ4v) is 2.41. The van der Waals surface area contributed by atoms with Crippen LogP contribution >= 0.6 is 11.6 Å². The van der Waals surface area contributed by atoms with Gasteiger partial charge in [-0.25, -0.2) is 8.78 Å². The van der Waals surface area contributed by atoms with E-state index in [1.165, 1.54) is 0 Å². The second kappa shape index (κ2) is 8.32. The van der Waals surface area contributed by atoms with Gasteiger partial charge in [0.05, 0.1) is 11.1 Å². The molecule has 0 aliphatic carbocycles. The highest BCUT2D eigenvalue weighted by Gasteiger charge is 2.35. The summed E-state index contributed by atoms with van der Waals surface area (Å²) in [6, 6.07) is -0.464. The van der Waals surface area contributed by atoms with E-state index in [9.17, 15) is 13.6 Å². The standard InChI is InChI=1S/C15H20ClF2NO/c1-3-4-8-19-9-7-12(15(19)10-20)14(18)6-5-13(17)11(2)16/h5-6,10,12,15H,2-4,7-9H2,1H3/b13-5+,14-6-. The number of halogens is 3. The number of allylic oxidation sites excluding steroid dienone is 4. The van der Waals surface area contributed by atoms with E-state index in [4.69, 9.17) is 11.6 Å². The molecule has 2 atom stereocenters. The van der Waals surface area contributed by atoms with Crippen LogP contribution in [0.3, 0.4) is 0 Å². The lowest BCUT2D eigenvalue weighted by atomic mass is 9.99. The average Bonchev–Trinajstić information content (AvgIpc) is 2.84. The highest BCUT2D eigenvalue weighted by atomic mass is 35.5. The van der Waals surface area contributed by atoms with Gasteiger partial charge >= 0.3 is 0 Å². The second-order valence-electron chi connectivity index (χ2n) is 4.88. The Kier molecular flexibility index (Phi) is 7.10. The largest absolute Gasteiger partial charge is 0.302 e. The van der Waals surface area contributed by atoms with Crippen LogP contribution in [0.1, 0.15) is 26.2 Å². The van der Waals surface area contributed by atoms with Crippen molar-refractivity contribution < 1.29 is 13.6 Å². The first-order valence-corrected chi connectivity index (χ1v) is 7.16. The van der Waals surface area contributed by atoms with Crippen molar-refractivity contribution in [2.45, 2.75) is 32.2 Å². The quantitative estimate of drug-likeness (QED) is 0.520. The van der Waals surface area contributed by atoms with Crippen LogP contribution < -0.4 is 0 Å². The topological polar surface area (TPSA) is 20.3 Å². The Morgan fingerprint density at radius 1 is 1.45 bits per heavy atom. The molecule has 0 bridgehead atoms. The monoisotopic (exact) mass is 303 g/mol. The first-order chi connectivity index (χ1) is 9.51. The van der Waals surface area contributed by atoms with Gasteiger partial charge in [0.15, 0.2) is 0 Å². The number of aldehydes is 1. The second-order valence-corrected chi connectivity index (χ2v) is 5.34. The van der Waals surface area contributed by atoms with Gasteiger partial charge in [-0.1, -0.05) is 31.5 Å². The molecule has 0 amide bonds. The molecule has 0 N–H and O–H groups in total. The van der Waals surface area contributed by atoms with Crippen LogP contribution in [0.15, 0.2) is 35.4 Å². The van der Waals surface area contributed by atoms with Crippen LogP contribution in [0.25, 0.3) is 0 Å². The summed E-state index contributed by atoms with van der Waals surface area (Å²) in [5, 5.41) is -0.267. The summed E-state index contributed by atoms with van der Waals surface area (Å²) in [5.74, 6) is -1.77. The molecule has 1 aliphatic heterocycles. The molecular formula is C15H20ClF2NO. The Balaban J connectivity index is 2.75. The number of hydrogen-bond donors (Lipinski definition) is 0. The van der Waals surface area contributed by atoms with Gasteiger partial charge in [0.2, 0.25) is 0 Å². The van der Waals surface area contributed by atoms with Crippen LogP contribution in [0.4, 0.5) is 8.78 Å². The molecule has 0 aromatic heterocycles. The molecule has 0 aromatic rings. The zero-order chi connectivity index (χ0) is 15.1. The minimum atomic E-state index is -0.773. The fourth-order valence-electron chi connectivity index (χ4n) is 2.35. The zero-order valence-corrected chi connectivity index (χ0v) is 12.4. The molecule has 5 heteroatoms. The van der Waals surface area contributed by atoms with Gasteiger partial charge in [-0.3, -0.25) is 4.90 Å². The Bertz CT molecular complexity index is 420. The number of nitrogens with zero attached hydrogens (tertiary/aromatic N) is 1.